The van der Waals surface area contributed by atoms with Crippen LogP contribution in [0.15, 0.2) is 18.2 Å². The molecule has 3 N–H and O–H groups in total. The van der Waals surface area contributed by atoms with Crippen LogP contribution in [-0.2, 0) is 0 Å². The van der Waals surface area contributed by atoms with Crippen LogP contribution in [-0.4, -0.2) is 0 Å². The number of benzene rings is 1. The number of nitrogens with two attached hydrogens (primary N) is 1. The van der Waals surface area contributed by atoms with Gasteiger partial charge in [-0.2, -0.15) is 0 Å². The molecule has 0 aromatic heterocycles. The maximum atomic E-state index is 5.37. The lowest BCUT2D eigenvalue weighted by Crippen LogP contribution is -2.26. The van der Waals surface area contributed by atoms with Crippen molar-refractivity contribution in [3.63, 3.8) is 0 Å². The number of hydrazine groups is 1. The smallest absolute Gasteiger partial charge is 0.0434 e. The van der Waals surface area contributed by atoms with Gasteiger partial charge in [-0.05, 0) is 31.9 Å². The van der Waals surface area contributed by atoms with Crippen LogP contribution >= 0.6 is 0 Å². The first-order valence-corrected chi connectivity index (χ1v) is 4.18. The predicted molar refractivity (Wildman–Crippen MR) is 51.7 cm³/mol. The van der Waals surface area contributed by atoms with Gasteiger partial charge in [0.15, 0.2) is 0 Å². The standard InChI is InChI=1S/C10H16N2/c1-7-4-5-8(2)10(6-7)9(3)12-11/h4-6,9,12H,11H2,1-3H3. The van der Waals surface area contributed by atoms with Crippen molar-refractivity contribution in [1.29, 1.82) is 0 Å². The van der Waals surface area contributed by atoms with Gasteiger partial charge >= 0.3 is 0 Å². The van der Waals surface area contributed by atoms with Crippen molar-refractivity contribution >= 4 is 0 Å². The summed E-state index contributed by atoms with van der Waals surface area (Å²) in [7, 11) is 0. The Morgan fingerprint density at radius 3 is 2.58 bits per heavy atom. The molecule has 0 spiro atoms. The molecule has 0 amide bonds. The van der Waals surface area contributed by atoms with E-state index in [1.165, 1.54) is 16.7 Å². The zero-order chi connectivity index (χ0) is 9.14. The molecular formula is C10H16N2. The molecule has 0 aliphatic rings. The van der Waals surface area contributed by atoms with Gasteiger partial charge in [-0.25, -0.2) is 0 Å². The Hall–Kier alpha value is -0.860. The largest absolute Gasteiger partial charge is 0.271 e. The molecule has 1 rings (SSSR count). The van der Waals surface area contributed by atoms with Crippen LogP contribution < -0.4 is 11.3 Å². The highest BCUT2D eigenvalue weighted by atomic mass is 15.2. The van der Waals surface area contributed by atoms with Crippen LogP contribution in [0.25, 0.3) is 0 Å². The first-order valence-electron chi connectivity index (χ1n) is 4.18. The van der Waals surface area contributed by atoms with Crippen molar-refractivity contribution < 1.29 is 0 Å². The van der Waals surface area contributed by atoms with Gasteiger partial charge in [-0.1, -0.05) is 23.8 Å². The van der Waals surface area contributed by atoms with E-state index in [0.717, 1.165) is 0 Å². The summed E-state index contributed by atoms with van der Waals surface area (Å²) in [6, 6.07) is 6.63. The molecule has 0 aliphatic carbocycles. The maximum Gasteiger partial charge on any atom is 0.0434 e. The molecule has 1 unspecified atom stereocenters. The Labute approximate surface area is 73.8 Å². The monoisotopic (exact) mass is 164 g/mol. The summed E-state index contributed by atoms with van der Waals surface area (Å²) in [5.74, 6) is 5.37. The molecule has 0 aliphatic heterocycles. The lowest BCUT2D eigenvalue weighted by Gasteiger charge is -2.13. The molecular weight excluding hydrogens is 148 g/mol. The highest BCUT2D eigenvalue weighted by Crippen LogP contribution is 2.17. The van der Waals surface area contributed by atoms with E-state index in [-0.39, 0.29) is 6.04 Å². The average Bonchev–Trinajstić information content (AvgIpc) is 2.08. The van der Waals surface area contributed by atoms with E-state index in [1.54, 1.807) is 0 Å². The summed E-state index contributed by atoms with van der Waals surface area (Å²) in [6.07, 6.45) is 0. The fourth-order valence-corrected chi connectivity index (χ4v) is 1.32. The Morgan fingerprint density at radius 2 is 2.00 bits per heavy atom. The zero-order valence-corrected chi connectivity index (χ0v) is 7.89. The molecule has 0 saturated carbocycles. The van der Waals surface area contributed by atoms with E-state index in [1.807, 2.05) is 0 Å². The molecule has 0 fully saturated rings. The SMILES string of the molecule is Cc1ccc(C)c(C(C)NN)c1. The van der Waals surface area contributed by atoms with Gasteiger partial charge < -0.3 is 0 Å². The number of hydrogen-bond donors (Lipinski definition) is 2. The molecule has 12 heavy (non-hydrogen) atoms. The minimum atomic E-state index is 0.227. The van der Waals surface area contributed by atoms with Crippen LogP contribution in [0.1, 0.15) is 29.7 Å². The first kappa shape index (κ1) is 9.23. The van der Waals surface area contributed by atoms with Crippen molar-refractivity contribution in [2.45, 2.75) is 26.8 Å². The summed E-state index contributed by atoms with van der Waals surface area (Å²) in [6.45, 7) is 6.25. The van der Waals surface area contributed by atoms with E-state index >= 15 is 0 Å². The van der Waals surface area contributed by atoms with Crippen LogP contribution in [0.4, 0.5) is 0 Å². The number of nitrogens with one attached hydrogen (secondary N) is 1. The highest BCUT2D eigenvalue weighted by Gasteiger charge is 2.05. The molecule has 2 heteroatoms. The summed E-state index contributed by atoms with van der Waals surface area (Å²) in [4.78, 5) is 0. The maximum absolute atomic E-state index is 5.37. The number of rotatable bonds is 2. The normalized spacial score (nSPS) is 13.0. The third kappa shape index (κ3) is 1.84. The molecule has 0 saturated heterocycles. The summed E-state index contributed by atoms with van der Waals surface area (Å²) in [5, 5.41) is 0. The van der Waals surface area contributed by atoms with E-state index in [4.69, 9.17) is 5.84 Å². The van der Waals surface area contributed by atoms with Crippen LogP contribution in [0.5, 0.6) is 0 Å². The summed E-state index contributed by atoms with van der Waals surface area (Å²) < 4.78 is 0. The highest BCUT2D eigenvalue weighted by molar-refractivity contribution is 5.32. The minimum Gasteiger partial charge on any atom is -0.271 e. The second-order valence-electron chi connectivity index (χ2n) is 3.25. The third-order valence-corrected chi connectivity index (χ3v) is 2.15. The molecule has 0 heterocycles. The van der Waals surface area contributed by atoms with Crippen molar-refractivity contribution in [2.24, 2.45) is 5.84 Å². The van der Waals surface area contributed by atoms with Gasteiger partial charge in [0.05, 0.1) is 0 Å². The molecule has 0 radical (unpaired) electrons. The molecule has 1 aromatic carbocycles. The number of aryl methyl sites for hydroxylation is 2. The van der Waals surface area contributed by atoms with Gasteiger partial charge in [0.1, 0.15) is 0 Å². The van der Waals surface area contributed by atoms with Crippen molar-refractivity contribution in [3.8, 4) is 0 Å². The second kappa shape index (κ2) is 3.70. The Kier molecular flexibility index (Phi) is 2.84. The topological polar surface area (TPSA) is 38.0 Å². The van der Waals surface area contributed by atoms with E-state index < -0.39 is 0 Å². The van der Waals surface area contributed by atoms with E-state index in [9.17, 15) is 0 Å². The number of hydrogen-bond acceptors (Lipinski definition) is 2. The fraction of sp³-hybridized carbons (Fsp3) is 0.400. The summed E-state index contributed by atoms with van der Waals surface area (Å²) in [5.41, 5.74) is 6.58. The second-order valence-corrected chi connectivity index (χ2v) is 3.25. The van der Waals surface area contributed by atoms with Gasteiger partial charge in [0, 0.05) is 6.04 Å². The summed E-state index contributed by atoms with van der Waals surface area (Å²) >= 11 is 0. The van der Waals surface area contributed by atoms with Gasteiger partial charge in [-0.3, -0.25) is 11.3 Å². The van der Waals surface area contributed by atoms with E-state index in [2.05, 4.69) is 44.4 Å². The van der Waals surface area contributed by atoms with Gasteiger partial charge in [0.2, 0.25) is 0 Å². The Balaban J connectivity index is 3.04. The molecule has 1 atom stereocenters. The predicted octanol–water partition coefficient (Wildman–Crippen LogP) is 1.83. The molecule has 66 valence electrons. The van der Waals surface area contributed by atoms with Gasteiger partial charge in [0.25, 0.3) is 0 Å². The quantitative estimate of drug-likeness (QED) is 0.517. The Bertz CT molecular complexity index is 269. The molecule has 1 aromatic rings. The third-order valence-electron chi connectivity index (χ3n) is 2.15. The van der Waals surface area contributed by atoms with Crippen LogP contribution in [0.2, 0.25) is 0 Å². The van der Waals surface area contributed by atoms with Crippen molar-refractivity contribution in [2.75, 3.05) is 0 Å². The first-order chi connectivity index (χ1) is 5.65. The van der Waals surface area contributed by atoms with E-state index in [0.29, 0.717) is 0 Å². The average molecular weight is 164 g/mol. The minimum absolute atomic E-state index is 0.227. The van der Waals surface area contributed by atoms with Crippen LogP contribution in [0, 0.1) is 13.8 Å². The lowest BCUT2D eigenvalue weighted by molar-refractivity contribution is 0.599. The van der Waals surface area contributed by atoms with Crippen molar-refractivity contribution in [3.05, 3.63) is 34.9 Å². The molecule has 0 bridgehead atoms. The van der Waals surface area contributed by atoms with Gasteiger partial charge in [-0.15, -0.1) is 0 Å². The van der Waals surface area contributed by atoms with Crippen LogP contribution in [0.3, 0.4) is 0 Å². The lowest BCUT2D eigenvalue weighted by atomic mass is 10.0. The molecule has 2 nitrogen and oxygen atoms in total. The zero-order valence-electron chi connectivity index (χ0n) is 7.89. The fourth-order valence-electron chi connectivity index (χ4n) is 1.32. The van der Waals surface area contributed by atoms with Crippen molar-refractivity contribution in [1.82, 2.24) is 5.43 Å². The Morgan fingerprint density at radius 1 is 1.33 bits per heavy atom.